The van der Waals surface area contributed by atoms with E-state index in [1.165, 1.54) is 0 Å². The van der Waals surface area contributed by atoms with Gasteiger partial charge in [-0.2, -0.15) is 11.8 Å². The summed E-state index contributed by atoms with van der Waals surface area (Å²) in [6, 6.07) is 0. The third-order valence-corrected chi connectivity index (χ3v) is 1.10. The van der Waals surface area contributed by atoms with Gasteiger partial charge in [-0.15, -0.1) is 0 Å². The van der Waals surface area contributed by atoms with Gasteiger partial charge in [0, 0.05) is 0 Å². The highest BCUT2D eigenvalue weighted by Crippen LogP contribution is 1.99. The molecule has 0 fully saturated rings. The summed E-state index contributed by atoms with van der Waals surface area (Å²) in [5.74, 6) is -1.07. The van der Waals surface area contributed by atoms with Gasteiger partial charge in [-0.1, -0.05) is 0 Å². The molecule has 0 atom stereocenters. The third-order valence-electron chi connectivity index (χ3n) is 0.530. The molecule has 4 heteroatoms. The third kappa shape index (κ3) is 2.96. The van der Waals surface area contributed by atoms with Gasteiger partial charge in [0.05, 0.1) is 5.75 Å². The number of alkyl halides is 2. The number of carbonyl (C=O) groups excluding carboxylic acids is 1. The van der Waals surface area contributed by atoms with Crippen LogP contribution < -0.4 is 0 Å². The number of ketones is 1. The minimum Gasteiger partial charge on any atom is -0.292 e. The summed E-state index contributed by atoms with van der Waals surface area (Å²) in [4.78, 5) is 9.97. The summed E-state index contributed by atoms with van der Waals surface area (Å²) >= 11 is 1.11. The summed E-state index contributed by atoms with van der Waals surface area (Å²) in [5, 5.41) is 0. The zero-order valence-electron chi connectivity index (χ0n) is 4.36. The number of hydrogen-bond acceptors (Lipinski definition) is 2. The fraction of sp³-hybridized carbons (Fsp3) is 0.750. The van der Waals surface area contributed by atoms with Gasteiger partial charge in [0.1, 0.15) is 0 Å². The molecule has 0 aliphatic rings. The van der Waals surface area contributed by atoms with Gasteiger partial charge in [0.15, 0.2) is 0 Å². The van der Waals surface area contributed by atoms with Crippen molar-refractivity contribution >= 4 is 17.5 Å². The summed E-state index contributed by atoms with van der Waals surface area (Å²) in [6.45, 7) is 0. The molecule has 0 aliphatic carbocycles. The van der Waals surface area contributed by atoms with Crippen LogP contribution in [0.4, 0.5) is 8.78 Å². The lowest BCUT2D eigenvalue weighted by Gasteiger charge is -1.92. The van der Waals surface area contributed by atoms with Crippen LogP contribution in [0.3, 0.4) is 0 Å². The second-order valence-corrected chi connectivity index (χ2v) is 2.07. The first-order valence-electron chi connectivity index (χ1n) is 1.98. The van der Waals surface area contributed by atoms with Crippen LogP contribution in [0.1, 0.15) is 0 Å². The molecule has 0 bridgehead atoms. The quantitative estimate of drug-likeness (QED) is 0.585. The lowest BCUT2D eigenvalue weighted by molar-refractivity contribution is -0.126. The van der Waals surface area contributed by atoms with Crippen molar-refractivity contribution in [2.75, 3.05) is 12.0 Å². The second kappa shape index (κ2) is 3.83. The second-order valence-electron chi connectivity index (χ2n) is 1.20. The lowest BCUT2D eigenvalue weighted by Crippen LogP contribution is -2.11. The van der Waals surface area contributed by atoms with Crippen molar-refractivity contribution in [1.82, 2.24) is 0 Å². The first-order chi connectivity index (χ1) is 3.68. The van der Waals surface area contributed by atoms with Crippen molar-refractivity contribution in [1.29, 1.82) is 0 Å². The average Bonchev–Trinajstić information content (AvgIpc) is 1.67. The molecule has 0 aromatic heterocycles. The van der Waals surface area contributed by atoms with Crippen LogP contribution in [-0.4, -0.2) is 24.2 Å². The van der Waals surface area contributed by atoms with Crippen LogP contribution in [0.25, 0.3) is 0 Å². The highest BCUT2D eigenvalue weighted by molar-refractivity contribution is 7.99. The number of halogens is 2. The van der Waals surface area contributed by atoms with Gasteiger partial charge in [-0.25, -0.2) is 8.78 Å². The molecule has 0 saturated carbocycles. The van der Waals surface area contributed by atoms with Gasteiger partial charge < -0.3 is 0 Å². The van der Waals surface area contributed by atoms with E-state index >= 15 is 0 Å². The van der Waals surface area contributed by atoms with Gasteiger partial charge in [0.25, 0.3) is 6.43 Å². The molecule has 0 amide bonds. The summed E-state index contributed by atoms with van der Waals surface area (Å²) in [6.07, 6.45) is -1.18. The predicted octanol–water partition coefficient (Wildman–Crippen LogP) is 1.18. The van der Waals surface area contributed by atoms with Gasteiger partial charge >= 0.3 is 0 Å². The highest BCUT2D eigenvalue weighted by Gasteiger charge is 2.12. The Hall–Kier alpha value is -0.120. The molecule has 1 nitrogen and oxygen atoms in total. The Morgan fingerprint density at radius 3 is 2.38 bits per heavy atom. The van der Waals surface area contributed by atoms with Crippen molar-refractivity contribution in [2.24, 2.45) is 0 Å². The van der Waals surface area contributed by atoms with Crippen molar-refractivity contribution in [3.05, 3.63) is 0 Å². The van der Waals surface area contributed by atoms with Crippen molar-refractivity contribution < 1.29 is 13.6 Å². The molecule has 0 radical (unpaired) electrons. The molecule has 0 N–H and O–H groups in total. The Kier molecular flexibility index (Phi) is 3.77. The number of rotatable bonds is 3. The molecule has 0 unspecified atom stereocenters. The molecule has 0 heterocycles. The van der Waals surface area contributed by atoms with Crippen LogP contribution in [0.2, 0.25) is 0 Å². The molecule has 8 heavy (non-hydrogen) atoms. The van der Waals surface area contributed by atoms with E-state index in [4.69, 9.17) is 0 Å². The van der Waals surface area contributed by atoms with Crippen molar-refractivity contribution in [3.63, 3.8) is 0 Å². The smallest absolute Gasteiger partial charge is 0.292 e. The van der Waals surface area contributed by atoms with E-state index in [2.05, 4.69) is 0 Å². The molecule has 0 saturated heterocycles. The Labute approximate surface area is 50.4 Å². The molecule has 0 aromatic carbocycles. The van der Waals surface area contributed by atoms with E-state index in [0.29, 0.717) is 0 Å². The first kappa shape index (κ1) is 7.88. The fourth-order valence-corrected chi connectivity index (χ4v) is 0.616. The van der Waals surface area contributed by atoms with Gasteiger partial charge in [0.2, 0.25) is 5.78 Å². The molecule has 48 valence electrons. The topological polar surface area (TPSA) is 17.1 Å². The van der Waals surface area contributed by atoms with E-state index in [1.54, 1.807) is 6.26 Å². The van der Waals surface area contributed by atoms with Crippen LogP contribution in [0.15, 0.2) is 0 Å². The number of hydrogen-bond donors (Lipinski definition) is 0. The minimum atomic E-state index is -2.79. The van der Waals surface area contributed by atoms with Gasteiger partial charge in [-0.05, 0) is 6.26 Å². The van der Waals surface area contributed by atoms with E-state index in [-0.39, 0.29) is 5.75 Å². The molecular weight excluding hydrogens is 134 g/mol. The molecular formula is C4H6F2OS. The van der Waals surface area contributed by atoms with Crippen LogP contribution in [0, 0.1) is 0 Å². The van der Waals surface area contributed by atoms with E-state index in [0.717, 1.165) is 11.8 Å². The van der Waals surface area contributed by atoms with Crippen LogP contribution >= 0.6 is 11.8 Å². The number of carbonyl (C=O) groups is 1. The maximum absolute atomic E-state index is 11.3. The maximum atomic E-state index is 11.3. The minimum absolute atomic E-state index is 0.0856. The molecule has 0 aliphatic heterocycles. The Balaban J connectivity index is 3.33. The number of thioether (sulfide) groups is 1. The summed E-state index contributed by atoms with van der Waals surface area (Å²) in [7, 11) is 0. The normalized spacial score (nSPS) is 10.0. The summed E-state index contributed by atoms with van der Waals surface area (Å²) in [5.41, 5.74) is 0. The zero-order valence-corrected chi connectivity index (χ0v) is 5.17. The number of Topliss-reactive ketones (excluding diaryl/α,β-unsaturated/α-hetero) is 1. The Bertz CT molecular complexity index is 84.1. The standard InChI is InChI=1S/C4H6F2OS/c1-8-2-3(7)4(5)6/h4H,2H2,1H3. The van der Waals surface area contributed by atoms with Crippen molar-refractivity contribution in [3.8, 4) is 0 Å². The largest absolute Gasteiger partial charge is 0.296 e. The Morgan fingerprint density at radius 2 is 2.25 bits per heavy atom. The van der Waals surface area contributed by atoms with Crippen LogP contribution in [-0.2, 0) is 4.79 Å². The fourth-order valence-electron chi connectivity index (χ4n) is 0.205. The zero-order chi connectivity index (χ0) is 6.57. The van der Waals surface area contributed by atoms with E-state index in [1.807, 2.05) is 0 Å². The first-order valence-corrected chi connectivity index (χ1v) is 3.37. The maximum Gasteiger partial charge on any atom is 0.296 e. The Morgan fingerprint density at radius 1 is 1.75 bits per heavy atom. The lowest BCUT2D eigenvalue weighted by atomic mass is 10.5. The highest BCUT2D eigenvalue weighted by atomic mass is 32.2. The summed E-state index contributed by atoms with van der Waals surface area (Å²) < 4.78 is 22.5. The average molecular weight is 140 g/mol. The monoisotopic (exact) mass is 140 g/mol. The van der Waals surface area contributed by atoms with Crippen LogP contribution in [0.5, 0.6) is 0 Å². The molecule has 0 spiro atoms. The SMILES string of the molecule is CSCC(=O)C(F)F. The van der Waals surface area contributed by atoms with Gasteiger partial charge in [-0.3, -0.25) is 4.79 Å². The molecule has 0 aromatic rings. The van der Waals surface area contributed by atoms with E-state index < -0.39 is 12.2 Å². The van der Waals surface area contributed by atoms with Crippen molar-refractivity contribution in [2.45, 2.75) is 6.43 Å². The predicted molar refractivity (Wildman–Crippen MR) is 29.4 cm³/mol. The molecule has 0 rings (SSSR count). The van der Waals surface area contributed by atoms with E-state index in [9.17, 15) is 13.6 Å².